The van der Waals surface area contributed by atoms with Crippen LogP contribution in [0.2, 0.25) is 0 Å². The zero-order valence-corrected chi connectivity index (χ0v) is 14.1. The molecule has 1 aliphatic rings. The Bertz CT molecular complexity index is 953. The molecule has 3 N–H and O–H groups in total. The van der Waals surface area contributed by atoms with E-state index in [2.05, 4.69) is 4.98 Å². The van der Waals surface area contributed by atoms with E-state index in [9.17, 15) is 4.79 Å². The third-order valence-corrected chi connectivity index (χ3v) is 4.84. The molecule has 0 saturated carbocycles. The number of anilines is 2. The van der Waals surface area contributed by atoms with E-state index < -0.39 is 5.41 Å². The minimum absolute atomic E-state index is 0.145. The van der Waals surface area contributed by atoms with Gasteiger partial charge in [-0.1, -0.05) is 0 Å². The van der Waals surface area contributed by atoms with Crippen LogP contribution >= 0.6 is 0 Å². The number of fused-ring (bicyclic) bond motifs is 2. The number of rotatable bonds is 2. The van der Waals surface area contributed by atoms with E-state index in [1.165, 1.54) is 0 Å². The monoisotopic (exact) mass is 320 g/mol. The molecular formula is C19H20N4O. The van der Waals surface area contributed by atoms with E-state index in [4.69, 9.17) is 10.7 Å². The maximum Gasteiger partial charge on any atom is 0.237 e. The molecule has 5 heteroatoms. The fourth-order valence-electron chi connectivity index (χ4n) is 3.42. The lowest BCUT2D eigenvalue weighted by Crippen LogP contribution is -2.35. The number of nitrogens with zero attached hydrogens (tertiary/aromatic N) is 2. The van der Waals surface area contributed by atoms with Crippen molar-refractivity contribution in [2.24, 2.45) is 0 Å². The molecule has 24 heavy (non-hydrogen) atoms. The Morgan fingerprint density at radius 2 is 1.92 bits per heavy atom. The van der Waals surface area contributed by atoms with Crippen LogP contribution in [0.4, 0.5) is 11.4 Å². The van der Waals surface area contributed by atoms with Crippen LogP contribution in [0.25, 0.3) is 22.4 Å². The van der Waals surface area contributed by atoms with Gasteiger partial charge < -0.3 is 15.6 Å². The first-order valence-corrected chi connectivity index (χ1v) is 8.14. The highest BCUT2D eigenvalue weighted by atomic mass is 16.2. The maximum absolute atomic E-state index is 12.6. The minimum Gasteiger partial charge on any atom is -0.399 e. The quantitative estimate of drug-likeness (QED) is 0.710. The number of nitrogen functional groups attached to an aromatic ring is 1. The standard InChI is InChI=1S/C19H20N4O/c1-4-23-16-10-15-14(9-13(16)19(2,3)18(23)24)21-17(22-15)11-5-7-12(20)8-6-11/h5-10H,4,20H2,1-3H3,(H,21,22). The summed E-state index contributed by atoms with van der Waals surface area (Å²) in [6.07, 6.45) is 0. The van der Waals surface area contributed by atoms with E-state index >= 15 is 0 Å². The number of hydrogen-bond acceptors (Lipinski definition) is 3. The van der Waals surface area contributed by atoms with Crippen molar-refractivity contribution < 1.29 is 4.79 Å². The molecule has 0 saturated heterocycles. The van der Waals surface area contributed by atoms with Crippen LogP contribution in [-0.2, 0) is 10.2 Å². The highest BCUT2D eigenvalue weighted by Crippen LogP contribution is 2.43. The van der Waals surface area contributed by atoms with Crippen LogP contribution < -0.4 is 10.6 Å². The van der Waals surface area contributed by atoms with Gasteiger partial charge in [0.2, 0.25) is 5.91 Å². The van der Waals surface area contributed by atoms with Gasteiger partial charge in [-0.2, -0.15) is 0 Å². The number of aromatic nitrogens is 2. The fourth-order valence-corrected chi connectivity index (χ4v) is 3.42. The SMILES string of the molecule is CCN1C(=O)C(C)(C)c2cc3nc(-c4ccc(N)cc4)[nH]c3cc21. The highest BCUT2D eigenvalue weighted by molar-refractivity contribution is 6.09. The second kappa shape index (κ2) is 4.84. The highest BCUT2D eigenvalue weighted by Gasteiger charge is 2.43. The van der Waals surface area contributed by atoms with E-state index in [0.717, 1.165) is 39.4 Å². The van der Waals surface area contributed by atoms with Crippen molar-refractivity contribution >= 4 is 28.3 Å². The summed E-state index contributed by atoms with van der Waals surface area (Å²) in [5.74, 6) is 0.951. The number of H-pyrrole nitrogens is 1. The molecule has 122 valence electrons. The lowest BCUT2D eigenvalue weighted by Gasteiger charge is -2.18. The van der Waals surface area contributed by atoms with Gasteiger partial charge in [0.1, 0.15) is 5.82 Å². The molecule has 2 heterocycles. The van der Waals surface area contributed by atoms with Crippen LogP contribution in [0.1, 0.15) is 26.3 Å². The average Bonchev–Trinajstić information content (AvgIpc) is 3.05. The molecule has 0 spiro atoms. The van der Waals surface area contributed by atoms with Gasteiger partial charge in [-0.15, -0.1) is 0 Å². The van der Waals surface area contributed by atoms with Crippen molar-refractivity contribution in [3.8, 4) is 11.4 Å². The molecule has 4 rings (SSSR count). The number of likely N-dealkylation sites (N-methyl/N-ethyl adjacent to an activating group) is 1. The van der Waals surface area contributed by atoms with Gasteiger partial charge in [0, 0.05) is 17.8 Å². The van der Waals surface area contributed by atoms with Gasteiger partial charge >= 0.3 is 0 Å². The number of amides is 1. The number of aromatic amines is 1. The molecule has 5 nitrogen and oxygen atoms in total. The summed E-state index contributed by atoms with van der Waals surface area (Å²) in [5, 5.41) is 0. The summed E-state index contributed by atoms with van der Waals surface area (Å²) < 4.78 is 0. The van der Waals surface area contributed by atoms with Crippen molar-refractivity contribution in [2.75, 3.05) is 17.2 Å². The normalized spacial score (nSPS) is 16.0. The van der Waals surface area contributed by atoms with Crippen molar-refractivity contribution in [1.82, 2.24) is 9.97 Å². The molecule has 1 aromatic heterocycles. The minimum atomic E-state index is -0.514. The molecule has 1 aliphatic heterocycles. The van der Waals surface area contributed by atoms with Gasteiger partial charge in [0.05, 0.1) is 22.1 Å². The van der Waals surface area contributed by atoms with E-state index in [-0.39, 0.29) is 5.91 Å². The first-order valence-electron chi connectivity index (χ1n) is 8.14. The number of nitrogens with one attached hydrogen (secondary N) is 1. The first-order chi connectivity index (χ1) is 11.4. The van der Waals surface area contributed by atoms with Gasteiger partial charge in [0.15, 0.2) is 0 Å². The number of nitrogens with two attached hydrogens (primary N) is 1. The van der Waals surface area contributed by atoms with Crippen molar-refractivity contribution in [3.05, 3.63) is 42.0 Å². The van der Waals surface area contributed by atoms with Gasteiger partial charge in [-0.3, -0.25) is 4.79 Å². The molecule has 3 aromatic rings. The predicted molar refractivity (Wildman–Crippen MR) is 97.0 cm³/mol. The van der Waals surface area contributed by atoms with Crippen LogP contribution in [-0.4, -0.2) is 22.4 Å². The fraction of sp³-hybridized carbons (Fsp3) is 0.263. The largest absolute Gasteiger partial charge is 0.399 e. The second-order valence-corrected chi connectivity index (χ2v) is 6.77. The first kappa shape index (κ1) is 14.8. The smallest absolute Gasteiger partial charge is 0.237 e. The Morgan fingerprint density at radius 3 is 2.58 bits per heavy atom. The number of hydrogen-bond donors (Lipinski definition) is 2. The Balaban J connectivity index is 1.89. The van der Waals surface area contributed by atoms with Crippen LogP contribution in [0.5, 0.6) is 0 Å². The van der Waals surface area contributed by atoms with E-state index in [0.29, 0.717) is 6.54 Å². The Kier molecular flexibility index (Phi) is 2.97. The number of carbonyl (C=O) groups excluding carboxylic acids is 1. The van der Waals surface area contributed by atoms with E-state index in [1.54, 1.807) is 0 Å². The third-order valence-electron chi connectivity index (χ3n) is 4.84. The van der Waals surface area contributed by atoms with Gasteiger partial charge in [0.25, 0.3) is 0 Å². The summed E-state index contributed by atoms with van der Waals surface area (Å²) >= 11 is 0. The molecule has 0 fully saturated rings. The Morgan fingerprint density at radius 1 is 1.21 bits per heavy atom. The molecule has 2 aromatic carbocycles. The topological polar surface area (TPSA) is 75.0 Å². The summed E-state index contributed by atoms with van der Waals surface area (Å²) in [4.78, 5) is 22.5. The van der Waals surface area contributed by atoms with Crippen molar-refractivity contribution in [2.45, 2.75) is 26.2 Å². The van der Waals surface area contributed by atoms with Gasteiger partial charge in [-0.25, -0.2) is 4.98 Å². The molecule has 0 atom stereocenters. The lowest BCUT2D eigenvalue weighted by atomic mass is 9.86. The summed E-state index contributed by atoms with van der Waals surface area (Å²) in [6.45, 7) is 6.62. The Labute approximate surface area is 140 Å². The molecule has 1 amide bonds. The molecular weight excluding hydrogens is 300 g/mol. The second-order valence-electron chi connectivity index (χ2n) is 6.77. The van der Waals surface area contributed by atoms with Crippen LogP contribution in [0.3, 0.4) is 0 Å². The zero-order valence-electron chi connectivity index (χ0n) is 14.1. The Hall–Kier alpha value is -2.82. The molecule has 0 bridgehead atoms. The average molecular weight is 320 g/mol. The number of benzene rings is 2. The molecule has 0 unspecified atom stereocenters. The third kappa shape index (κ3) is 1.94. The number of carbonyl (C=O) groups is 1. The van der Waals surface area contributed by atoms with E-state index in [1.807, 2.05) is 62.1 Å². The maximum atomic E-state index is 12.6. The molecule has 0 aliphatic carbocycles. The molecule has 0 radical (unpaired) electrons. The predicted octanol–water partition coefficient (Wildman–Crippen LogP) is 3.46. The zero-order chi connectivity index (χ0) is 17.1. The van der Waals surface area contributed by atoms with Crippen molar-refractivity contribution in [1.29, 1.82) is 0 Å². The van der Waals surface area contributed by atoms with Crippen molar-refractivity contribution in [3.63, 3.8) is 0 Å². The van der Waals surface area contributed by atoms with Crippen LogP contribution in [0, 0.1) is 0 Å². The number of imidazole rings is 1. The summed E-state index contributed by atoms with van der Waals surface area (Å²) in [7, 11) is 0. The van der Waals surface area contributed by atoms with Crippen LogP contribution in [0.15, 0.2) is 36.4 Å². The van der Waals surface area contributed by atoms with Gasteiger partial charge in [-0.05, 0) is 62.7 Å². The lowest BCUT2D eigenvalue weighted by molar-refractivity contribution is -0.122. The summed E-state index contributed by atoms with van der Waals surface area (Å²) in [5.41, 5.74) is 10.8. The summed E-state index contributed by atoms with van der Waals surface area (Å²) in [6, 6.07) is 11.7.